The van der Waals surface area contributed by atoms with Crippen LogP contribution in [-0.2, 0) is 11.8 Å². The van der Waals surface area contributed by atoms with E-state index in [1.807, 2.05) is 43.2 Å². The summed E-state index contributed by atoms with van der Waals surface area (Å²) in [7, 11) is 1.90. The van der Waals surface area contributed by atoms with Crippen LogP contribution in [0.2, 0.25) is 0 Å². The summed E-state index contributed by atoms with van der Waals surface area (Å²) in [5.74, 6) is 0.310. The second kappa shape index (κ2) is 7.21. The summed E-state index contributed by atoms with van der Waals surface area (Å²) in [5, 5.41) is 5.29. The number of aromatic amines is 1. The third-order valence-corrected chi connectivity index (χ3v) is 5.61. The third kappa shape index (κ3) is 3.13. The number of morpholine rings is 1. The fourth-order valence-corrected chi connectivity index (χ4v) is 4.11. The molecule has 7 nitrogen and oxygen atoms in total. The molecule has 0 radical (unpaired) electrons. The monoisotopic (exact) mass is 406 g/mol. The van der Waals surface area contributed by atoms with Crippen molar-refractivity contribution in [1.29, 1.82) is 0 Å². The van der Waals surface area contributed by atoms with E-state index in [1.165, 1.54) is 12.1 Å². The molecule has 5 rings (SSSR count). The molecule has 1 atom stereocenters. The number of hydrogen-bond donors (Lipinski definition) is 1. The predicted octanol–water partition coefficient (Wildman–Crippen LogP) is 3.70. The molecule has 1 unspecified atom stereocenters. The topological polar surface area (TPSA) is 71.9 Å². The van der Waals surface area contributed by atoms with Gasteiger partial charge in [0.05, 0.1) is 42.5 Å². The largest absolute Gasteiger partial charge is 0.377 e. The lowest BCUT2D eigenvalue weighted by Gasteiger charge is -2.33. The molecule has 3 aromatic heterocycles. The Labute approximate surface area is 173 Å². The first-order chi connectivity index (χ1) is 14.5. The lowest BCUT2D eigenvalue weighted by molar-refractivity contribution is 0.0981. The summed E-state index contributed by atoms with van der Waals surface area (Å²) >= 11 is 0. The van der Waals surface area contributed by atoms with Crippen LogP contribution < -0.4 is 4.90 Å². The van der Waals surface area contributed by atoms with E-state index >= 15 is 0 Å². The number of hydrogen-bond acceptors (Lipinski definition) is 5. The molecule has 1 aliphatic rings. The van der Waals surface area contributed by atoms with Crippen molar-refractivity contribution in [3.63, 3.8) is 0 Å². The smallest absolute Gasteiger partial charge is 0.226 e. The second-order valence-corrected chi connectivity index (χ2v) is 7.75. The maximum Gasteiger partial charge on any atom is 0.226 e. The van der Waals surface area contributed by atoms with Crippen molar-refractivity contribution in [3.05, 3.63) is 48.0 Å². The molecule has 0 spiro atoms. The van der Waals surface area contributed by atoms with Crippen LogP contribution in [0, 0.1) is 12.7 Å². The molecule has 8 heteroatoms. The van der Waals surface area contributed by atoms with Crippen LogP contribution in [-0.4, -0.2) is 50.5 Å². The van der Waals surface area contributed by atoms with Crippen molar-refractivity contribution in [2.24, 2.45) is 7.05 Å². The fourth-order valence-electron chi connectivity index (χ4n) is 4.11. The van der Waals surface area contributed by atoms with Gasteiger partial charge in [0.15, 0.2) is 0 Å². The maximum atomic E-state index is 14.4. The molecule has 1 saturated heterocycles. The van der Waals surface area contributed by atoms with Crippen LogP contribution in [0.15, 0.2) is 36.7 Å². The number of nitrogens with zero attached hydrogens (tertiary/aromatic N) is 5. The van der Waals surface area contributed by atoms with Gasteiger partial charge in [0.1, 0.15) is 5.82 Å². The quantitative estimate of drug-likeness (QED) is 0.562. The van der Waals surface area contributed by atoms with Crippen molar-refractivity contribution in [1.82, 2.24) is 24.7 Å². The zero-order chi connectivity index (χ0) is 20.8. The molecule has 30 heavy (non-hydrogen) atoms. The molecule has 1 fully saturated rings. The summed E-state index contributed by atoms with van der Waals surface area (Å²) in [6, 6.07) is 7.04. The minimum atomic E-state index is -0.307. The summed E-state index contributed by atoms with van der Waals surface area (Å²) in [5.41, 5.74) is 4.86. The van der Waals surface area contributed by atoms with Crippen LogP contribution in [0.1, 0.15) is 12.5 Å². The molecule has 4 heterocycles. The highest BCUT2D eigenvalue weighted by atomic mass is 19.1. The van der Waals surface area contributed by atoms with Gasteiger partial charge in [-0.2, -0.15) is 5.10 Å². The molecule has 0 saturated carbocycles. The highest BCUT2D eigenvalue weighted by Crippen LogP contribution is 2.33. The van der Waals surface area contributed by atoms with E-state index in [4.69, 9.17) is 14.7 Å². The van der Waals surface area contributed by atoms with Gasteiger partial charge in [0.2, 0.25) is 5.95 Å². The van der Waals surface area contributed by atoms with Crippen LogP contribution in [0.5, 0.6) is 0 Å². The number of ether oxygens (including phenoxy) is 1. The lowest BCUT2D eigenvalue weighted by atomic mass is 10.0. The van der Waals surface area contributed by atoms with E-state index < -0.39 is 0 Å². The van der Waals surface area contributed by atoms with E-state index in [2.05, 4.69) is 21.9 Å². The van der Waals surface area contributed by atoms with Crippen LogP contribution in [0.4, 0.5) is 10.3 Å². The molecular weight excluding hydrogens is 383 g/mol. The van der Waals surface area contributed by atoms with E-state index in [9.17, 15) is 4.39 Å². The normalized spacial score (nSPS) is 17.1. The van der Waals surface area contributed by atoms with Crippen molar-refractivity contribution in [2.75, 3.05) is 24.7 Å². The van der Waals surface area contributed by atoms with Crippen LogP contribution in [0.25, 0.3) is 33.5 Å². The van der Waals surface area contributed by atoms with E-state index in [0.717, 1.165) is 33.4 Å². The van der Waals surface area contributed by atoms with Gasteiger partial charge in [0.25, 0.3) is 0 Å². The lowest BCUT2D eigenvalue weighted by Crippen LogP contribution is -2.44. The zero-order valence-corrected chi connectivity index (χ0v) is 17.2. The third-order valence-electron chi connectivity index (χ3n) is 5.61. The van der Waals surface area contributed by atoms with Gasteiger partial charge in [-0.05, 0) is 43.7 Å². The van der Waals surface area contributed by atoms with Gasteiger partial charge in [-0.1, -0.05) is 0 Å². The van der Waals surface area contributed by atoms with E-state index in [1.54, 1.807) is 0 Å². The molecule has 0 bridgehead atoms. The van der Waals surface area contributed by atoms with Crippen molar-refractivity contribution >= 4 is 16.9 Å². The first kappa shape index (κ1) is 18.7. The Hall–Kier alpha value is -3.26. The van der Waals surface area contributed by atoms with Crippen molar-refractivity contribution in [2.45, 2.75) is 19.9 Å². The first-order valence-corrected chi connectivity index (χ1v) is 10.0. The van der Waals surface area contributed by atoms with Gasteiger partial charge in [0, 0.05) is 36.3 Å². The summed E-state index contributed by atoms with van der Waals surface area (Å²) in [6.07, 6.45) is 3.63. The Morgan fingerprint density at radius 3 is 2.80 bits per heavy atom. The molecule has 154 valence electrons. The number of benzene rings is 1. The molecule has 0 aliphatic carbocycles. The first-order valence-electron chi connectivity index (χ1n) is 10.0. The molecule has 1 aromatic carbocycles. The summed E-state index contributed by atoms with van der Waals surface area (Å²) in [6.45, 7) is 6.05. The number of aryl methyl sites for hydroxylation is 2. The number of anilines is 1. The molecule has 0 amide bonds. The number of rotatable bonds is 3. The molecule has 1 aliphatic heterocycles. The van der Waals surface area contributed by atoms with Gasteiger partial charge in [-0.15, -0.1) is 0 Å². The summed E-state index contributed by atoms with van der Waals surface area (Å²) in [4.78, 5) is 15.0. The number of nitrogens with one attached hydrogen (secondary N) is 1. The average Bonchev–Trinajstić information content (AvgIpc) is 3.33. The average molecular weight is 406 g/mol. The number of H-pyrrole nitrogens is 1. The fraction of sp³-hybridized carbons (Fsp3) is 0.318. The van der Waals surface area contributed by atoms with E-state index in [0.29, 0.717) is 31.4 Å². The zero-order valence-electron chi connectivity index (χ0n) is 17.2. The Kier molecular flexibility index (Phi) is 4.51. The molecule has 1 N–H and O–H groups in total. The Bertz CT molecular complexity index is 1210. The summed E-state index contributed by atoms with van der Waals surface area (Å²) < 4.78 is 21.8. The Morgan fingerprint density at radius 2 is 2.03 bits per heavy atom. The van der Waals surface area contributed by atoms with Gasteiger partial charge in [-0.25, -0.2) is 14.4 Å². The Balaban J connectivity index is 1.75. The molecular formula is C22H23FN6O. The minimum Gasteiger partial charge on any atom is -0.377 e. The van der Waals surface area contributed by atoms with E-state index in [-0.39, 0.29) is 11.9 Å². The molecule has 4 aromatic rings. The Morgan fingerprint density at radius 1 is 1.20 bits per heavy atom. The highest BCUT2D eigenvalue weighted by molar-refractivity contribution is 5.94. The number of halogens is 1. The van der Waals surface area contributed by atoms with Gasteiger partial charge in [-0.3, -0.25) is 4.68 Å². The SMILES string of the molecule is Cc1cnn(C)c1-c1cc(-c2cc(F)cc3[nH]ccc23)nc(N2CCOCC2C)n1. The van der Waals surface area contributed by atoms with Crippen LogP contribution in [0.3, 0.4) is 0 Å². The standard InChI is InChI=1S/C22H23FN6O/c1-13-11-25-28(3)21(13)20-10-19(17-8-15(23)9-18-16(17)4-5-24-18)26-22(27-20)29-6-7-30-12-14(29)2/h4-5,8-11,14,24H,6-7,12H2,1-3H3. The predicted molar refractivity (Wildman–Crippen MR) is 114 cm³/mol. The second-order valence-electron chi connectivity index (χ2n) is 7.75. The highest BCUT2D eigenvalue weighted by Gasteiger charge is 2.24. The number of aromatic nitrogens is 5. The van der Waals surface area contributed by atoms with Crippen molar-refractivity contribution in [3.8, 4) is 22.6 Å². The van der Waals surface area contributed by atoms with Gasteiger partial charge < -0.3 is 14.6 Å². The minimum absolute atomic E-state index is 0.147. The maximum absolute atomic E-state index is 14.4. The number of fused-ring (bicyclic) bond motifs is 1. The van der Waals surface area contributed by atoms with Gasteiger partial charge >= 0.3 is 0 Å². The van der Waals surface area contributed by atoms with Crippen LogP contribution >= 0.6 is 0 Å². The van der Waals surface area contributed by atoms with Crippen molar-refractivity contribution < 1.29 is 9.13 Å².